The van der Waals surface area contributed by atoms with Gasteiger partial charge in [-0.05, 0) is 13.0 Å². The van der Waals surface area contributed by atoms with Crippen molar-refractivity contribution in [1.29, 1.82) is 0 Å². The fourth-order valence-electron chi connectivity index (χ4n) is 1.22. The summed E-state index contributed by atoms with van der Waals surface area (Å²) in [6.45, 7) is 1.72. The van der Waals surface area contributed by atoms with Gasteiger partial charge in [-0.3, -0.25) is 4.79 Å². The molecule has 0 bridgehead atoms. The summed E-state index contributed by atoms with van der Waals surface area (Å²) in [5.74, 6) is -3.42. The summed E-state index contributed by atoms with van der Waals surface area (Å²) in [5, 5.41) is 17.6. The van der Waals surface area contributed by atoms with Crippen molar-refractivity contribution in [3.05, 3.63) is 35.5 Å². The Balaban J connectivity index is 3.15. The van der Waals surface area contributed by atoms with Crippen LogP contribution in [0.4, 0.5) is 0 Å². The molecule has 0 aromatic rings. The Hall–Kier alpha value is -1.84. The number of hydrogen-bond donors (Lipinski definition) is 2. The number of carbonyl (C=O) groups is 2. The van der Waals surface area contributed by atoms with Gasteiger partial charge in [0.25, 0.3) is 0 Å². The van der Waals surface area contributed by atoms with Crippen LogP contribution >= 0.6 is 0 Å². The summed E-state index contributed by atoms with van der Waals surface area (Å²) in [7, 11) is 0. The Labute approximate surface area is 80.9 Å². The molecule has 4 nitrogen and oxygen atoms in total. The van der Waals surface area contributed by atoms with E-state index in [1.807, 2.05) is 0 Å². The first-order valence-corrected chi connectivity index (χ1v) is 4.05. The highest BCUT2D eigenvalue weighted by Gasteiger charge is 2.25. The lowest BCUT2D eigenvalue weighted by Crippen LogP contribution is -2.19. The van der Waals surface area contributed by atoms with E-state index < -0.39 is 17.9 Å². The van der Waals surface area contributed by atoms with E-state index in [-0.39, 0.29) is 5.57 Å². The van der Waals surface area contributed by atoms with E-state index in [1.165, 1.54) is 12.2 Å². The molecule has 0 aromatic carbocycles. The van der Waals surface area contributed by atoms with E-state index in [4.69, 9.17) is 10.2 Å². The standard InChI is InChI=1S/C10H10O4/c1-6-3-2-4-7(9(11)12)8(5-6)10(13)14/h2-5,7H,1H3,(H,11,12)(H,13,14). The summed E-state index contributed by atoms with van der Waals surface area (Å²) in [6, 6.07) is 0. The van der Waals surface area contributed by atoms with Gasteiger partial charge in [-0.2, -0.15) is 0 Å². The number of rotatable bonds is 2. The van der Waals surface area contributed by atoms with Crippen LogP contribution in [0, 0.1) is 5.92 Å². The lowest BCUT2D eigenvalue weighted by Gasteiger charge is -2.06. The van der Waals surface area contributed by atoms with Gasteiger partial charge in [0.15, 0.2) is 0 Å². The fraction of sp³-hybridized carbons (Fsp3) is 0.200. The van der Waals surface area contributed by atoms with E-state index in [1.54, 1.807) is 19.1 Å². The molecule has 1 aliphatic carbocycles. The Bertz CT molecular complexity index is 360. The Morgan fingerprint density at radius 3 is 2.50 bits per heavy atom. The van der Waals surface area contributed by atoms with Crippen LogP contribution in [-0.4, -0.2) is 22.2 Å². The van der Waals surface area contributed by atoms with Crippen molar-refractivity contribution in [2.75, 3.05) is 0 Å². The van der Waals surface area contributed by atoms with Crippen molar-refractivity contribution in [1.82, 2.24) is 0 Å². The van der Waals surface area contributed by atoms with Gasteiger partial charge in [-0.15, -0.1) is 0 Å². The second-order valence-electron chi connectivity index (χ2n) is 3.02. The smallest absolute Gasteiger partial charge is 0.332 e. The van der Waals surface area contributed by atoms with Crippen LogP contribution in [0.5, 0.6) is 0 Å². The van der Waals surface area contributed by atoms with E-state index in [0.29, 0.717) is 0 Å². The maximum Gasteiger partial charge on any atom is 0.332 e. The number of carboxylic acids is 2. The molecule has 0 amide bonds. The topological polar surface area (TPSA) is 74.6 Å². The molecular weight excluding hydrogens is 184 g/mol. The molecule has 0 spiro atoms. The molecule has 74 valence electrons. The summed E-state index contributed by atoms with van der Waals surface area (Å²) >= 11 is 0. The van der Waals surface area contributed by atoms with Crippen LogP contribution in [0.3, 0.4) is 0 Å². The Morgan fingerprint density at radius 1 is 1.36 bits per heavy atom. The molecular formula is C10H10O4. The number of carboxylic acid groups (broad SMARTS) is 2. The Kier molecular flexibility index (Phi) is 2.86. The van der Waals surface area contributed by atoms with Gasteiger partial charge in [-0.1, -0.05) is 23.8 Å². The normalized spacial score (nSPS) is 20.8. The van der Waals surface area contributed by atoms with Gasteiger partial charge < -0.3 is 10.2 Å². The van der Waals surface area contributed by atoms with Crippen molar-refractivity contribution in [3.8, 4) is 0 Å². The molecule has 1 unspecified atom stereocenters. The quantitative estimate of drug-likeness (QED) is 0.692. The van der Waals surface area contributed by atoms with Gasteiger partial charge >= 0.3 is 11.9 Å². The minimum absolute atomic E-state index is 0.111. The predicted molar refractivity (Wildman–Crippen MR) is 49.7 cm³/mol. The molecule has 1 aliphatic rings. The summed E-state index contributed by atoms with van der Waals surface area (Å²) in [5.41, 5.74) is 0.613. The number of hydrogen-bond acceptors (Lipinski definition) is 2. The van der Waals surface area contributed by atoms with E-state index in [0.717, 1.165) is 5.57 Å². The maximum absolute atomic E-state index is 10.8. The van der Waals surface area contributed by atoms with Crippen LogP contribution in [0.1, 0.15) is 6.92 Å². The van der Waals surface area contributed by atoms with Crippen molar-refractivity contribution < 1.29 is 19.8 Å². The zero-order valence-corrected chi connectivity index (χ0v) is 7.60. The monoisotopic (exact) mass is 194 g/mol. The molecule has 0 radical (unpaired) electrons. The van der Waals surface area contributed by atoms with Crippen molar-refractivity contribution in [2.24, 2.45) is 5.92 Å². The highest BCUT2D eigenvalue weighted by molar-refractivity contribution is 5.95. The molecule has 0 fully saturated rings. The second-order valence-corrected chi connectivity index (χ2v) is 3.02. The molecule has 0 aliphatic heterocycles. The summed E-state index contributed by atoms with van der Waals surface area (Å²) in [4.78, 5) is 21.5. The highest BCUT2D eigenvalue weighted by Crippen LogP contribution is 2.19. The van der Waals surface area contributed by atoms with Crippen LogP contribution in [0.25, 0.3) is 0 Å². The molecule has 0 saturated carbocycles. The van der Waals surface area contributed by atoms with Gasteiger partial charge in [-0.25, -0.2) is 4.79 Å². The van der Waals surface area contributed by atoms with Gasteiger partial charge in [0.1, 0.15) is 5.92 Å². The highest BCUT2D eigenvalue weighted by atomic mass is 16.4. The number of allylic oxidation sites excluding steroid dienone is 4. The zero-order chi connectivity index (χ0) is 10.7. The molecule has 4 heteroatoms. The molecule has 0 aromatic heterocycles. The lowest BCUT2D eigenvalue weighted by molar-refractivity contribution is -0.142. The average molecular weight is 194 g/mol. The van der Waals surface area contributed by atoms with Crippen LogP contribution in [0.2, 0.25) is 0 Å². The lowest BCUT2D eigenvalue weighted by atomic mass is 9.98. The van der Waals surface area contributed by atoms with Crippen molar-refractivity contribution in [3.63, 3.8) is 0 Å². The fourth-order valence-corrected chi connectivity index (χ4v) is 1.22. The van der Waals surface area contributed by atoms with Gasteiger partial charge in [0, 0.05) is 0 Å². The first-order valence-electron chi connectivity index (χ1n) is 4.05. The zero-order valence-electron chi connectivity index (χ0n) is 7.60. The van der Waals surface area contributed by atoms with Gasteiger partial charge in [0.2, 0.25) is 0 Å². The van der Waals surface area contributed by atoms with Gasteiger partial charge in [0.05, 0.1) is 5.57 Å². The first kappa shape index (κ1) is 10.2. The third-order valence-corrected chi connectivity index (χ3v) is 1.89. The first-order chi connectivity index (χ1) is 6.52. The largest absolute Gasteiger partial charge is 0.481 e. The minimum atomic E-state index is -1.20. The molecule has 0 heterocycles. The van der Waals surface area contributed by atoms with E-state index in [9.17, 15) is 9.59 Å². The maximum atomic E-state index is 10.8. The minimum Gasteiger partial charge on any atom is -0.481 e. The number of aliphatic carboxylic acids is 2. The third-order valence-electron chi connectivity index (χ3n) is 1.89. The van der Waals surface area contributed by atoms with Crippen molar-refractivity contribution in [2.45, 2.75) is 6.92 Å². The molecule has 2 N–H and O–H groups in total. The van der Waals surface area contributed by atoms with Crippen molar-refractivity contribution >= 4 is 11.9 Å². The van der Waals surface area contributed by atoms with Crippen LogP contribution in [-0.2, 0) is 9.59 Å². The molecule has 14 heavy (non-hydrogen) atoms. The third kappa shape index (κ3) is 2.10. The summed E-state index contributed by atoms with van der Waals surface area (Å²) < 4.78 is 0. The van der Waals surface area contributed by atoms with Crippen LogP contribution < -0.4 is 0 Å². The second kappa shape index (κ2) is 3.91. The molecule has 0 saturated heterocycles. The van der Waals surface area contributed by atoms with E-state index >= 15 is 0 Å². The SMILES string of the molecule is CC1=CC=CC(C(=O)O)C(C(=O)O)=C1. The average Bonchev–Trinajstić information content (AvgIpc) is 2.26. The van der Waals surface area contributed by atoms with E-state index in [2.05, 4.69) is 0 Å². The van der Waals surface area contributed by atoms with Crippen LogP contribution in [0.15, 0.2) is 35.5 Å². The molecule has 1 rings (SSSR count). The molecule has 1 atom stereocenters. The Morgan fingerprint density at radius 2 is 2.00 bits per heavy atom. The predicted octanol–water partition coefficient (Wildman–Crippen LogP) is 1.21. The summed E-state index contributed by atoms with van der Waals surface area (Å²) in [6.07, 6.45) is 5.96.